The number of carbonyl (C=O) groups excluding carboxylic acids is 1. The van der Waals surface area contributed by atoms with Crippen LogP contribution in [0.2, 0.25) is 0 Å². The number of aliphatic hydroxyl groups is 1. The fourth-order valence-corrected chi connectivity index (χ4v) is 7.78. The lowest BCUT2D eigenvalue weighted by Crippen LogP contribution is -2.45. The second kappa shape index (κ2) is 45.8. The van der Waals surface area contributed by atoms with E-state index < -0.39 is 20.0 Å². The van der Waals surface area contributed by atoms with Crippen molar-refractivity contribution in [3.05, 3.63) is 85.1 Å². The van der Waals surface area contributed by atoms with Gasteiger partial charge in [0.1, 0.15) is 13.2 Å². The number of unbranched alkanes of at least 4 members (excludes halogenated alkanes) is 21. The van der Waals surface area contributed by atoms with E-state index in [1.165, 1.54) is 109 Å². The summed E-state index contributed by atoms with van der Waals surface area (Å²) in [6, 6.07) is -0.846. The highest BCUT2D eigenvalue weighted by Gasteiger charge is 2.27. The average molecular weight is 916 g/mol. The van der Waals surface area contributed by atoms with Crippen LogP contribution in [0.3, 0.4) is 0 Å². The van der Waals surface area contributed by atoms with Crippen molar-refractivity contribution >= 4 is 13.7 Å². The number of aliphatic hydroxyl groups excluding tert-OH is 1. The Labute approximate surface area is 395 Å². The van der Waals surface area contributed by atoms with Crippen LogP contribution in [-0.4, -0.2) is 73.4 Å². The van der Waals surface area contributed by atoms with E-state index in [0.717, 1.165) is 77.0 Å². The molecule has 3 atom stereocenters. The van der Waals surface area contributed by atoms with Gasteiger partial charge in [0, 0.05) is 6.42 Å². The summed E-state index contributed by atoms with van der Waals surface area (Å²) in [6.45, 7) is 4.63. The average Bonchev–Trinajstić information content (AvgIpc) is 3.25. The monoisotopic (exact) mass is 916 g/mol. The maximum absolute atomic E-state index is 12.8. The molecule has 1 amide bonds. The summed E-state index contributed by atoms with van der Waals surface area (Å²) in [5.74, 6) is -0.184. The minimum Gasteiger partial charge on any atom is -0.387 e. The second-order valence-corrected chi connectivity index (χ2v) is 20.0. The molecule has 0 bridgehead atoms. The fourth-order valence-electron chi connectivity index (χ4n) is 7.04. The highest BCUT2D eigenvalue weighted by atomic mass is 31.2. The number of hydrogen-bond acceptors (Lipinski definition) is 5. The lowest BCUT2D eigenvalue weighted by molar-refractivity contribution is -0.870. The number of likely N-dealkylation sites (N-methyl/N-ethyl adjacent to an activating group) is 1. The van der Waals surface area contributed by atoms with Crippen LogP contribution in [0.5, 0.6) is 0 Å². The summed E-state index contributed by atoms with van der Waals surface area (Å²) in [4.78, 5) is 23.1. The Balaban J connectivity index is 3.92. The number of amides is 1. The second-order valence-electron chi connectivity index (χ2n) is 18.5. The molecule has 9 heteroatoms. The van der Waals surface area contributed by atoms with Crippen LogP contribution in [0, 0.1) is 0 Å². The number of hydrogen-bond donors (Lipinski definition) is 3. The number of carbonyl (C=O) groups is 1. The quantitative estimate of drug-likeness (QED) is 0.0243. The molecule has 8 nitrogen and oxygen atoms in total. The molecule has 3 unspecified atom stereocenters. The smallest absolute Gasteiger partial charge is 0.387 e. The van der Waals surface area contributed by atoms with Crippen LogP contribution in [0.25, 0.3) is 0 Å². The zero-order valence-corrected chi connectivity index (χ0v) is 42.9. The van der Waals surface area contributed by atoms with Gasteiger partial charge in [0.05, 0.1) is 39.9 Å². The van der Waals surface area contributed by atoms with Gasteiger partial charge in [0.2, 0.25) is 5.91 Å². The molecule has 0 aliphatic carbocycles. The van der Waals surface area contributed by atoms with E-state index in [-0.39, 0.29) is 19.1 Å². The topological polar surface area (TPSA) is 105 Å². The number of rotatable bonds is 46. The summed E-state index contributed by atoms with van der Waals surface area (Å²) in [5.41, 5.74) is 0. The lowest BCUT2D eigenvalue weighted by Gasteiger charge is -2.25. The number of phosphoric ester groups is 1. The Bertz CT molecular complexity index is 1310. The molecule has 0 saturated heterocycles. The van der Waals surface area contributed by atoms with Crippen molar-refractivity contribution in [2.24, 2.45) is 0 Å². The van der Waals surface area contributed by atoms with Crippen molar-refractivity contribution < 1.29 is 32.9 Å². The van der Waals surface area contributed by atoms with E-state index >= 15 is 0 Å². The number of quaternary nitrogens is 1. The molecule has 0 aromatic rings. The van der Waals surface area contributed by atoms with Gasteiger partial charge in [-0.2, -0.15) is 0 Å². The van der Waals surface area contributed by atoms with Gasteiger partial charge >= 0.3 is 7.82 Å². The van der Waals surface area contributed by atoms with Crippen LogP contribution in [0.15, 0.2) is 85.1 Å². The van der Waals surface area contributed by atoms with Gasteiger partial charge in [-0.05, 0) is 70.6 Å². The van der Waals surface area contributed by atoms with Crippen LogP contribution in [-0.2, 0) is 18.4 Å². The first-order valence-electron chi connectivity index (χ1n) is 26.0. The summed E-state index contributed by atoms with van der Waals surface area (Å²) in [5, 5.41) is 13.7. The third-order valence-corrected chi connectivity index (χ3v) is 12.1. The normalized spacial score (nSPS) is 14.8. The van der Waals surface area contributed by atoms with Gasteiger partial charge in [0.15, 0.2) is 0 Å². The lowest BCUT2D eigenvalue weighted by atomic mass is 10.0. The molecule has 0 fully saturated rings. The van der Waals surface area contributed by atoms with Crippen molar-refractivity contribution in [3.63, 3.8) is 0 Å². The molecule has 0 radical (unpaired) electrons. The molecule has 64 heavy (non-hydrogen) atoms. The zero-order valence-electron chi connectivity index (χ0n) is 42.0. The molecular formula is C55H100N2O6P+. The molecule has 0 rings (SSSR count). The van der Waals surface area contributed by atoms with Crippen molar-refractivity contribution in [1.29, 1.82) is 0 Å². The Morgan fingerprint density at radius 3 is 1.38 bits per heavy atom. The van der Waals surface area contributed by atoms with Crippen molar-refractivity contribution in [2.75, 3.05) is 40.9 Å². The Kier molecular flexibility index (Phi) is 44.2. The largest absolute Gasteiger partial charge is 0.472 e. The van der Waals surface area contributed by atoms with E-state index in [0.29, 0.717) is 17.4 Å². The summed E-state index contributed by atoms with van der Waals surface area (Å²) >= 11 is 0. The molecule has 0 heterocycles. The highest BCUT2D eigenvalue weighted by Crippen LogP contribution is 2.43. The Morgan fingerprint density at radius 1 is 0.547 bits per heavy atom. The van der Waals surface area contributed by atoms with Crippen LogP contribution in [0.4, 0.5) is 0 Å². The minimum absolute atomic E-state index is 0.0588. The van der Waals surface area contributed by atoms with Gasteiger partial charge in [-0.25, -0.2) is 4.57 Å². The van der Waals surface area contributed by atoms with Gasteiger partial charge in [0.25, 0.3) is 0 Å². The van der Waals surface area contributed by atoms with Crippen LogP contribution in [0.1, 0.15) is 206 Å². The molecule has 0 spiro atoms. The predicted octanol–water partition coefficient (Wildman–Crippen LogP) is 15.3. The number of nitrogens with one attached hydrogen (secondary N) is 1. The third kappa shape index (κ3) is 47.6. The first kappa shape index (κ1) is 61.7. The molecule has 0 aromatic carbocycles. The third-order valence-electron chi connectivity index (χ3n) is 11.1. The van der Waals surface area contributed by atoms with Crippen molar-refractivity contribution in [3.8, 4) is 0 Å². The van der Waals surface area contributed by atoms with E-state index in [1.54, 1.807) is 6.08 Å². The molecule has 0 aliphatic rings. The van der Waals surface area contributed by atoms with Gasteiger partial charge in [-0.15, -0.1) is 0 Å². The van der Waals surface area contributed by atoms with Gasteiger partial charge in [-0.3, -0.25) is 13.8 Å². The Hall–Kier alpha value is -2.32. The number of phosphoric acid groups is 1. The van der Waals surface area contributed by atoms with Gasteiger partial charge in [-0.1, -0.05) is 214 Å². The van der Waals surface area contributed by atoms with E-state index in [2.05, 4.69) is 92.1 Å². The highest BCUT2D eigenvalue weighted by molar-refractivity contribution is 7.47. The van der Waals surface area contributed by atoms with Crippen molar-refractivity contribution in [1.82, 2.24) is 5.32 Å². The molecule has 0 aromatic heterocycles. The molecule has 370 valence electrons. The van der Waals surface area contributed by atoms with E-state index in [4.69, 9.17) is 9.05 Å². The fraction of sp³-hybridized carbons (Fsp3) is 0.727. The van der Waals surface area contributed by atoms with E-state index in [1.807, 2.05) is 27.2 Å². The zero-order chi connectivity index (χ0) is 47.1. The molecular weight excluding hydrogens is 816 g/mol. The summed E-state index contributed by atoms with van der Waals surface area (Å²) < 4.78 is 23.5. The summed E-state index contributed by atoms with van der Waals surface area (Å²) in [7, 11) is 1.56. The first-order valence-corrected chi connectivity index (χ1v) is 27.5. The summed E-state index contributed by atoms with van der Waals surface area (Å²) in [6.07, 6.45) is 64.2. The standard InChI is InChI=1S/C55H99N2O6P/c1-6-8-10-12-14-15-16-17-18-19-20-21-22-23-24-25-26-27-28-29-30-31-32-33-34-35-36-37-38-39-40-41-43-45-47-49-55(59)56-53(54(58)48-46-44-42-13-11-9-7-2)52-63-64(60,61)62-51-50-57(3,4)5/h8,10,14-15,17-18,20-21,23-24,26-27,46,48,53-54,58H,6-7,9,11-13,16,19,22,25,28-45,47,49-52H2,1-5H3,(H-,56,59,60,61)/p+1/b10-8-,15-14-,18-17-,21-20-,24-23-,27-26-,48-46+. The molecule has 0 saturated carbocycles. The Morgan fingerprint density at radius 2 is 0.938 bits per heavy atom. The predicted molar refractivity (Wildman–Crippen MR) is 276 cm³/mol. The van der Waals surface area contributed by atoms with Crippen molar-refractivity contribution in [2.45, 2.75) is 219 Å². The van der Waals surface area contributed by atoms with Crippen LogP contribution >= 0.6 is 7.82 Å². The minimum atomic E-state index is -4.33. The number of nitrogens with zero attached hydrogens (tertiary/aromatic N) is 1. The first-order chi connectivity index (χ1) is 31.0. The van der Waals surface area contributed by atoms with Crippen LogP contribution < -0.4 is 5.32 Å². The maximum atomic E-state index is 12.8. The number of allylic oxidation sites excluding steroid dienone is 13. The maximum Gasteiger partial charge on any atom is 0.472 e. The van der Waals surface area contributed by atoms with Gasteiger partial charge < -0.3 is 19.8 Å². The molecule has 3 N–H and O–H groups in total. The SMILES string of the molecule is CC/C=C\C/C=C\C/C=C\C/C=C\C/C=C\C/C=C\CCCCCCCCCCCCCCCCCCC(=O)NC(COP(=O)(O)OCC[N+](C)(C)C)C(O)/C=C/CCCCCCC. The van der Waals surface area contributed by atoms with E-state index in [9.17, 15) is 19.4 Å². The molecule has 0 aliphatic heterocycles.